The van der Waals surface area contributed by atoms with Crippen molar-refractivity contribution in [3.63, 3.8) is 0 Å². The second kappa shape index (κ2) is 8.10. The molecule has 1 fully saturated rings. The molecule has 0 N–H and O–H groups in total. The van der Waals surface area contributed by atoms with Gasteiger partial charge in [-0.3, -0.25) is 0 Å². The molecule has 4 rings (SSSR count). The third kappa shape index (κ3) is 3.45. The fourth-order valence-corrected chi connectivity index (χ4v) is 9.82. The maximum atomic E-state index is 13.3. The molecule has 9 heteroatoms. The number of ether oxygens (including phenoxy) is 1. The number of thiophene rings is 2. The lowest BCUT2D eigenvalue weighted by Crippen LogP contribution is -2.35. The van der Waals surface area contributed by atoms with Crippen LogP contribution >= 0.6 is 34.4 Å². The smallest absolute Gasteiger partial charge is 0.349 e. The Morgan fingerprint density at radius 3 is 2.86 bits per heavy atom. The topological polar surface area (TPSA) is 69.7 Å². The quantitative estimate of drug-likeness (QED) is 0.328. The van der Waals surface area contributed by atoms with Crippen LogP contribution < -0.4 is 4.31 Å². The molecule has 2 aliphatic rings. The minimum atomic E-state index is -3.69. The molecule has 1 saturated carbocycles. The summed E-state index contributed by atoms with van der Waals surface area (Å²) in [6.45, 7) is 2.03. The number of anilines is 1. The number of thioether (sulfide) groups is 1. The molecule has 0 spiro atoms. The average molecular weight is 458 g/mol. The Bertz CT molecular complexity index is 929. The van der Waals surface area contributed by atoms with Crippen molar-refractivity contribution in [1.82, 2.24) is 0 Å². The van der Waals surface area contributed by atoms with Crippen LogP contribution in [0.25, 0.3) is 10.4 Å². The van der Waals surface area contributed by atoms with Crippen LogP contribution in [0.2, 0.25) is 0 Å². The van der Waals surface area contributed by atoms with Crippen LogP contribution in [-0.2, 0) is 19.3 Å². The number of hydrogen-bond donors (Lipinski definition) is 0. The Morgan fingerprint density at radius 2 is 2.14 bits per heavy atom. The van der Waals surface area contributed by atoms with Gasteiger partial charge in [0.2, 0.25) is 4.90 Å². The highest BCUT2D eigenvalue weighted by Crippen LogP contribution is 2.55. The van der Waals surface area contributed by atoms with E-state index in [1.54, 1.807) is 31.8 Å². The zero-order valence-corrected chi connectivity index (χ0v) is 19.2. The summed E-state index contributed by atoms with van der Waals surface area (Å²) in [6.07, 6.45) is 6.20. The van der Waals surface area contributed by atoms with Crippen LogP contribution in [0.4, 0.5) is 5.69 Å². The predicted octanol–water partition coefficient (Wildman–Crippen LogP) is 5.68. The molecule has 3 heterocycles. The van der Waals surface area contributed by atoms with Gasteiger partial charge < -0.3 is 9.29 Å². The molecule has 152 valence electrons. The summed E-state index contributed by atoms with van der Waals surface area (Å²) in [5.74, 6) is 1.07. The van der Waals surface area contributed by atoms with Gasteiger partial charge in [-0.15, -0.1) is 34.4 Å². The highest BCUT2D eigenvalue weighted by atomic mass is 32.3. The van der Waals surface area contributed by atoms with E-state index in [0.717, 1.165) is 14.8 Å². The van der Waals surface area contributed by atoms with E-state index < -0.39 is 16.4 Å². The molecular formula is C19H23NO4S4. The van der Waals surface area contributed by atoms with Gasteiger partial charge in [-0.1, -0.05) is 23.5 Å². The molecule has 28 heavy (non-hydrogen) atoms. The fourth-order valence-electron chi connectivity index (χ4n) is 3.82. The molecule has 5 nitrogen and oxygen atoms in total. The van der Waals surface area contributed by atoms with Gasteiger partial charge in [0.1, 0.15) is 14.8 Å². The van der Waals surface area contributed by atoms with Gasteiger partial charge in [-0.2, -0.15) is 4.31 Å². The van der Waals surface area contributed by atoms with Crippen LogP contribution in [0.3, 0.4) is 0 Å². The molecule has 1 unspecified atom stereocenters. The molecule has 2 aromatic rings. The first kappa shape index (κ1) is 20.4. The second-order valence-corrected chi connectivity index (χ2v) is 12.2. The number of sulfonamides is 1. The van der Waals surface area contributed by atoms with E-state index in [-0.39, 0.29) is 6.61 Å². The molecule has 1 aliphatic heterocycles. The van der Waals surface area contributed by atoms with Gasteiger partial charge in [-0.25, -0.2) is 4.79 Å². The molecular weight excluding hydrogens is 434 g/mol. The summed E-state index contributed by atoms with van der Waals surface area (Å²) in [4.78, 5) is 14.2. The first-order valence-electron chi connectivity index (χ1n) is 9.48. The van der Waals surface area contributed by atoms with E-state index >= 15 is 0 Å². The maximum Gasteiger partial charge on any atom is 0.349 e. The van der Waals surface area contributed by atoms with E-state index in [4.69, 9.17) is 4.74 Å². The average Bonchev–Trinajstić information content (AvgIpc) is 3.31. The van der Waals surface area contributed by atoms with Crippen molar-refractivity contribution in [3.8, 4) is 10.4 Å². The van der Waals surface area contributed by atoms with E-state index in [0.29, 0.717) is 26.9 Å². The van der Waals surface area contributed by atoms with E-state index in [1.807, 2.05) is 5.38 Å². The Balaban J connectivity index is 1.79. The second-order valence-electron chi connectivity index (χ2n) is 7.07. The Kier molecular flexibility index (Phi) is 5.90. The van der Waals surface area contributed by atoms with Gasteiger partial charge in [-0.05, 0) is 37.1 Å². The molecule has 1 aliphatic carbocycles. The van der Waals surface area contributed by atoms with Gasteiger partial charge >= 0.3 is 5.97 Å². The Labute approximate surface area is 178 Å². The van der Waals surface area contributed by atoms with Gasteiger partial charge in [0.05, 0.1) is 24.1 Å². The highest BCUT2D eigenvalue weighted by Gasteiger charge is 2.45. The van der Waals surface area contributed by atoms with Crippen LogP contribution in [-0.4, -0.2) is 29.9 Å². The summed E-state index contributed by atoms with van der Waals surface area (Å²) in [5.41, 5.74) is 1.17. The number of carbonyl (C=O) groups is 1. The van der Waals surface area contributed by atoms with E-state index in [9.17, 15) is 13.6 Å². The molecule has 1 atom stereocenters. The summed E-state index contributed by atoms with van der Waals surface area (Å²) >= 11 is 4.33. The van der Waals surface area contributed by atoms with Crippen molar-refractivity contribution in [2.24, 2.45) is 5.92 Å². The van der Waals surface area contributed by atoms with Crippen molar-refractivity contribution >= 4 is 56.5 Å². The van der Waals surface area contributed by atoms with Gasteiger partial charge in [0, 0.05) is 5.75 Å². The zero-order valence-electron chi connectivity index (χ0n) is 15.9. The summed E-state index contributed by atoms with van der Waals surface area (Å²) in [7, 11) is -2.11. The fraction of sp³-hybridized carbons (Fsp3) is 0.526. The first-order valence-corrected chi connectivity index (χ1v) is 13.6. The van der Waals surface area contributed by atoms with Crippen molar-refractivity contribution in [1.29, 1.82) is 0 Å². The maximum absolute atomic E-state index is 13.3. The molecule has 0 saturated heterocycles. The lowest BCUT2D eigenvalue weighted by molar-refractivity contribution is 0.0533. The zero-order chi connectivity index (χ0) is 19.9. The largest absolute Gasteiger partial charge is 0.588 e. The van der Waals surface area contributed by atoms with Gasteiger partial charge in [0.25, 0.3) is 0 Å². The monoisotopic (exact) mass is 457 g/mol. The SMILES string of the molecule is CCOC(=O)c1sc(SCC2CCCCC2)c2c1-c1sccc1N(C)[S+]2(=O)[O-]. The van der Waals surface area contributed by atoms with E-state index in [1.165, 1.54) is 59.1 Å². The third-order valence-corrected chi connectivity index (χ3v) is 11.0. The number of esters is 1. The molecule has 0 radical (unpaired) electrons. The minimum absolute atomic E-state index is 0.264. The first-order chi connectivity index (χ1) is 13.4. The number of rotatable bonds is 5. The number of hydrogen-bond acceptors (Lipinski definition) is 7. The van der Waals surface area contributed by atoms with Crippen molar-refractivity contribution in [3.05, 3.63) is 16.3 Å². The van der Waals surface area contributed by atoms with Gasteiger partial charge in [0.15, 0.2) is 10.4 Å². The lowest BCUT2D eigenvalue weighted by atomic mass is 9.91. The highest BCUT2D eigenvalue weighted by molar-refractivity contribution is 8.03. The van der Waals surface area contributed by atoms with Crippen molar-refractivity contribution in [2.75, 3.05) is 23.7 Å². The third-order valence-electron chi connectivity index (χ3n) is 5.30. The Morgan fingerprint density at radius 1 is 1.39 bits per heavy atom. The number of fused-ring (bicyclic) bond motifs is 3. The van der Waals surface area contributed by atoms with Crippen molar-refractivity contribution in [2.45, 2.75) is 48.1 Å². The predicted molar refractivity (Wildman–Crippen MR) is 116 cm³/mol. The standard InChI is InChI=1S/C19H23NO4S4/c1-3-24-18(21)16-14-15-13(9-10-25-15)20(2)28(22,23)17(14)19(27-16)26-11-12-7-5-4-6-8-12/h9-10,12H,3-8,11H2,1-2H3. The summed E-state index contributed by atoms with van der Waals surface area (Å²) in [6, 6.07) is 1.79. The van der Waals surface area contributed by atoms with Crippen LogP contribution in [0.15, 0.2) is 20.6 Å². The van der Waals surface area contributed by atoms with Crippen molar-refractivity contribution < 1.29 is 18.3 Å². The summed E-state index contributed by atoms with van der Waals surface area (Å²) in [5, 5.41) is 1.87. The van der Waals surface area contributed by atoms with E-state index in [2.05, 4.69) is 0 Å². The number of carbonyl (C=O) groups excluding carboxylic acids is 1. The van der Waals surface area contributed by atoms with Crippen LogP contribution in [0.1, 0.15) is 48.7 Å². The molecule has 0 aromatic carbocycles. The number of nitrogens with zero attached hydrogens (tertiary/aromatic N) is 1. The molecule has 0 bridgehead atoms. The summed E-state index contributed by atoms with van der Waals surface area (Å²) < 4.78 is 33.9. The molecule has 2 aromatic heterocycles. The van der Waals surface area contributed by atoms with Crippen LogP contribution in [0.5, 0.6) is 0 Å². The molecule has 0 amide bonds. The Hall–Kier alpha value is -0.870. The minimum Gasteiger partial charge on any atom is -0.588 e. The van der Waals surface area contributed by atoms with Crippen LogP contribution in [0, 0.1) is 5.92 Å². The lowest BCUT2D eigenvalue weighted by Gasteiger charge is -2.30. The normalized spacial score (nSPS) is 22.0.